The summed E-state index contributed by atoms with van der Waals surface area (Å²) in [6.45, 7) is 0.100. The van der Waals surface area contributed by atoms with E-state index in [1.165, 1.54) is 0 Å². The Morgan fingerprint density at radius 2 is 1.90 bits per heavy atom. The Kier molecular flexibility index (Phi) is 6.16. The molecule has 4 N–H and O–H groups in total. The summed E-state index contributed by atoms with van der Waals surface area (Å²) in [7, 11) is 0. The number of hydrogen-bond donors (Lipinski definition) is 4. The molecule has 7 heteroatoms. The molecule has 0 saturated heterocycles. The van der Waals surface area contributed by atoms with E-state index in [1.807, 2.05) is 24.3 Å². The zero-order valence-electron chi connectivity index (χ0n) is 15.7. The molecule has 0 heterocycles. The summed E-state index contributed by atoms with van der Waals surface area (Å²) in [5, 5.41) is 25.2. The Bertz CT molecular complexity index is 918. The quantitative estimate of drug-likeness (QED) is 0.514. The molecule has 29 heavy (non-hydrogen) atoms. The van der Waals surface area contributed by atoms with Gasteiger partial charge in [0.2, 0.25) is 0 Å². The average Bonchev–Trinajstić information content (AvgIpc) is 3.46. The number of nitrogens with one attached hydrogen (secondary N) is 2. The first-order chi connectivity index (χ1) is 13.8. The van der Waals surface area contributed by atoms with E-state index >= 15 is 0 Å². The van der Waals surface area contributed by atoms with Gasteiger partial charge in [0.05, 0.1) is 12.1 Å². The number of aliphatic hydroxyl groups is 1. The molecule has 152 valence electrons. The van der Waals surface area contributed by atoms with Gasteiger partial charge in [-0.15, -0.1) is 6.42 Å². The fraction of sp³-hybridized carbons (Fsp3) is 0.318. The minimum atomic E-state index is -1.33. The standard InChI is InChI=1S/C22H22F2N2O3/c1-2-14-4-3-5-16(8-14)22(6-7-22)25-13-20(27)19(26-21(28)29)11-15-9-17(23)12-18(24)10-15/h1,3-5,8-10,12,19-20,25-27H,6-7,11,13H2,(H,28,29)/t19-,20-/m0/s1. The Balaban J connectivity index is 1.69. The molecule has 2 atom stereocenters. The third kappa shape index (κ3) is 5.31. The molecule has 5 nitrogen and oxygen atoms in total. The number of carboxylic acid groups (broad SMARTS) is 1. The number of hydrogen-bond acceptors (Lipinski definition) is 3. The first-order valence-corrected chi connectivity index (χ1v) is 9.26. The largest absolute Gasteiger partial charge is 0.465 e. The number of halogens is 2. The molecule has 1 aliphatic carbocycles. The molecule has 0 bridgehead atoms. The van der Waals surface area contributed by atoms with Crippen molar-refractivity contribution in [2.75, 3.05) is 6.54 Å². The lowest BCUT2D eigenvalue weighted by molar-refractivity contribution is 0.114. The first kappa shape index (κ1) is 20.8. The number of carbonyl (C=O) groups is 1. The minimum absolute atomic E-state index is 0.0522. The highest BCUT2D eigenvalue weighted by atomic mass is 19.1. The molecule has 2 aromatic carbocycles. The van der Waals surface area contributed by atoms with Crippen molar-refractivity contribution in [2.45, 2.75) is 36.9 Å². The highest BCUT2D eigenvalue weighted by molar-refractivity contribution is 5.65. The predicted molar refractivity (Wildman–Crippen MR) is 104 cm³/mol. The summed E-state index contributed by atoms with van der Waals surface area (Å²) in [6, 6.07) is 9.61. The molecule has 0 radical (unpaired) electrons. The zero-order chi connectivity index (χ0) is 21.0. The fourth-order valence-corrected chi connectivity index (χ4v) is 3.47. The monoisotopic (exact) mass is 400 g/mol. The molecule has 0 unspecified atom stereocenters. The van der Waals surface area contributed by atoms with E-state index in [1.54, 1.807) is 0 Å². The van der Waals surface area contributed by atoms with Crippen molar-refractivity contribution in [1.29, 1.82) is 0 Å². The average molecular weight is 400 g/mol. The van der Waals surface area contributed by atoms with Gasteiger partial charge in [-0.3, -0.25) is 0 Å². The Hall–Kier alpha value is -2.95. The normalized spacial score (nSPS) is 16.5. The molecule has 1 amide bonds. The molecular weight excluding hydrogens is 378 g/mol. The van der Waals surface area contributed by atoms with Gasteiger partial charge in [0.15, 0.2) is 0 Å². The summed E-state index contributed by atoms with van der Waals surface area (Å²) >= 11 is 0. The molecule has 1 saturated carbocycles. The Morgan fingerprint density at radius 1 is 1.21 bits per heavy atom. The maximum Gasteiger partial charge on any atom is 0.404 e. The van der Waals surface area contributed by atoms with Gasteiger partial charge >= 0.3 is 6.09 Å². The highest BCUT2D eigenvalue weighted by Gasteiger charge is 2.44. The van der Waals surface area contributed by atoms with Crippen LogP contribution in [0.5, 0.6) is 0 Å². The van der Waals surface area contributed by atoms with Crippen LogP contribution in [0, 0.1) is 24.0 Å². The zero-order valence-corrected chi connectivity index (χ0v) is 15.7. The van der Waals surface area contributed by atoms with Crippen LogP contribution in [-0.4, -0.2) is 35.0 Å². The van der Waals surface area contributed by atoms with Gasteiger partial charge in [-0.2, -0.15) is 0 Å². The number of terminal acetylenes is 1. The van der Waals surface area contributed by atoms with Gasteiger partial charge in [0.25, 0.3) is 0 Å². The van der Waals surface area contributed by atoms with Crippen molar-refractivity contribution in [3.63, 3.8) is 0 Å². The summed E-state index contributed by atoms with van der Waals surface area (Å²) in [6.07, 6.45) is 4.70. The molecule has 0 aliphatic heterocycles. The SMILES string of the molecule is C#Cc1cccc(C2(NC[C@H](O)[C@H](Cc3cc(F)cc(F)c3)NC(=O)O)CC2)c1. The predicted octanol–water partition coefficient (Wildman–Crippen LogP) is 2.76. The van der Waals surface area contributed by atoms with E-state index in [4.69, 9.17) is 11.5 Å². The Morgan fingerprint density at radius 3 is 2.48 bits per heavy atom. The summed E-state index contributed by atoms with van der Waals surface area (Å²) in [5.41, 5.74) is 1.71. The lowest BCUT2D eigenvalue weighted by atomic mass is 9.99. The van der Waals surface area contributed by atoms with E-state index in [9.17, 15) is 18.7 Å². The first-order valence-electron chi connectivity index (χ1n) is 9.26. The summed E-state index contributed by atoms with van der Waals surface area (Å²) < 4.78 is 26.9. The molecule has 1 fully saturated rings. The van der Waals surface area contributed by atoms with Crippen LogP contribution in [-0.2, 0) is 12.0 Å². The molecular formula is C22H22F2N2O3. The van der Waals surface area contributed by atoms with Crippen molar-refractivity contribution >= 4 is 6.09 Å². The van der Waals surface area contributed by atoms with Crippen LogP contribution in [0.3, 0.4) is 0 Å². The van der Waals surface area contributed by atoms with Gasteiger partial charge in [-0.25, -0.2) is 13.6 Å². The van der Waals surface area contributed by atoms with Gasteiger partial charge in [-0.1, -0.05) is 18.1 Å². The molecule has 3 rings (SSSR count). The van der Waals surface area contributed by atoms with Crippen molar-refractivity contribution < 1.29 is 23.8 Å². The topological polar surface area (TPSA) is 81.6 Å². The van der Waals surface area contributed by atoms with E-state index in [-0.39, 0.29) is 24.1 Å². The van der Waals surface area contributed by atoms with Gasteiger partial charge in [-0.05, 0) is 54.7 Å². The lowest BCUT2D eigenvalue weighted by Crippen LogP contribution is -2.49. The second-order valence-corrected chi connectivity index (χ2v) is 7.29. The van der Waals surface area contributed by atoms with E-state index in [2.05, 4.69) is 16.6 Å². The maximum atomic E-state index is 13.4. The second-order valence-electron chi connectivity index (χ2n) is 7.29. The summed E-state index contributed by atoms with van der Waals surface area (Å²) in [5.74, 6) is 1.08. The molecule has 0 spiro atoms. The van der Waals surface area contributed by atoms with Crippen LogP contribution >= 0.6 is 0 Å². The Labute approximate surface area is 167 Å². The van der Waals surface area contributed by atoms with Crippen LogP contribution in [0.15, 0.2) is 42.5 Å². The van der Waals surface area contributed by atoms with Crippen LogP contribution in [0.1, 0.15) is 29.5 Å². The van der Waals surface area contributed by atoms with E-state index in [0.717, 1.165) is 42.2 Å². The third-order valence-corrected chi connectivity index (χ3v) is 5.13. The molecule has 1 aliphatic rings. The van der Waals surface area contributed by atoms with Crippen LogP contribution in [0.25, 0.3) is 0 Å². The van der Waals surface area contributed by atoms with Gasteiger partial charge in [0, 0.05) is 23.7 Å². The molecule has 2 aromatic rings. The van der Waals surface area contributed by atoms with Gasteiger partial charge < -0.3 is 20.8 Å². The number of rotatable bonds is 8. The highest BCUT2D eigenvalue weighted by Crippen LogP contribution is 2.45. The third-order valence-electron chi connectivity index (χ3n) is 5.13. The van der Waals surface area contributed by atoms with Crippen molar-refractivity contribution in [3.05, 3.63) is 70.8 Å². The van der Waals surface area contributed by atoms with Gasteiger partial charge in [0.1, 0.15) is 11.6 Å². The smallest absolute Gasteiger partial charge is 0.404 e. The second kappa shape index (κ2) is 8.60. The number of benzene rings is 2. The number of amides is 1. The lowest BCUT2D eigenvalue weighted by Gasteiger charge is -2.26. The van der Waals surface area contributed by atoms with E-state index < -0.39 is 29.9 Å². The molecule has 0 aromatic heterocycles. The van der Waals surface area contributed by atoms with Crippen molar-refractivity contribution in [3.8, 4) is 12.3 Å². The van der Waals surface area contributed by atoms with Crippen LogP contribution in [0.4, 0.5) is 13.6 Å². The number of aliphatic hydroxyl groups excluding tert-OH is 1. The van der Waals surface area contributed by atoms with Crippen molar-refractivity contribution in [2.24, 2.45) is 0 Å². The van der Waals surface area contributed by atoms with E-state index in [0.29, 0.717) is 0 Å². The van der Waals surface area contributed by atoms with Crippen LogP contribution in [0.2, 0.25) is 0 Å². The van der Waals surface area contributed by atoms with Crippen LogP contribution < -0.4 is 10.6 Å². The maximum absolute atomic E-state index is 13.4. The van der Waals surface area contributed by atoms with Crippen molar-refractivity contribution in [1.82, 2.24) is 10.6 Å². The fourth-order valence-electron chi connectivity index (χ4n) is 3.47. The summed E-state index contributed by atoms with van der Waals surface area (Å²) in [4.78, 5) is 11.1. The minimum Gasteiger partial charge on any atom is -0.465 e.